The highest BCUT2D eigenvalue weighted by molar-refractivity contribution is 6.67. The lowest BCUT2D eigenvalue weighted by Gasteiger charge is -2.16. The lowest BCUT2D eigenvalue weighted by atomic mass is 10.4. The Labute approximate surface area is 124 Å². The van der Waals surface area contributed by atoms with E-state index < -0.39 is 39.3 Å². The smallest absolute Gasteiger partial charge is 0.410 e. The molecule has 19 heavy (non-hydrogen) atoms. The second-order valence-electron chi connectivity index (χ2n) is 3.57. The van der Waals surface area contributed by atoms with Crippen LogP contribution < -0.4 is 5.19 Å². The van der Waals surface area contributed by atoms with Crippen LogP contribution in [0.15, 0.2) is 30.3 Å². The summed E-state index contributed by atoms with van der Waals surface area (Å²) >= 11 is 0. The molecule has 0 amide bonds. The van der Waals surface area contributed by atoms with Crippen LogP contribution in [0, 0.1) is 0 Å². The summed E-state index contributed by atoms with van der Waals surface area (Å²) in [5, 5.41) is 0.939. The molecule has 1 atom stereocenters. The first kappa shape index (κ1) is 16.7. The summed E-state index contributed by atoms with van der Waals surface area (Å²) in [5.74, 6) is -0.320. The third-order valence-corrected chi connectivity index (χ3v) is 8.86. The molecular weight excluding hydrogens is 333 g/mol. The summed E-state index contributed by atoms with van der Waals surface area (Å²) in [4.78, 5) is 11.1. The van der Waals surface area contributed by atoms with Crippen molar-refractivity contribution in [2.75, 3.05) is 0 Å². The number of rotatable bonds is 9. The van der Waals surface area contributed by atoms with Crippen molar-refractivity contribution in [3.05, 3.63) is 30.3 Å². The zero-order valence-electron chi connectivity index (χ0n) is 11.0. The maximum atomic E-state index is 11.1. The Morgan fingerprint density at radius 3 is 2.47 bits per heavy atom. The van der Waals surface area contributed by atoms with Gasteiger partial charge in [-0.15, -0.1) is 0 Å². The average Bonchev–Trinajstić information content (AvgIpc) is 2.42. The molecule has 0 bridgehead atoms. The molecule has 0 radical (unpaired) electrons. The van der Waals surface area contributed by atoms with E-state index in [0.717, 1.165) is 15.7 Å². The van der Waals surface area contributed by atoms with E-state index >= 15 is 0 Å². The molecule has 0 aromatic heterocycles. The van der Waals surface area contributed by atoms with E-state index in [9.17, 15) is 4.79 Å². The second kappa shape index (κ2) is 10.4. The molecule has 1 aromatic carbocycles. The zero-order chi connectivity index (χ0) is 13.9. The van der Waals surface area contributed by atoms with E-state index in [1.54, 1.807) is 0 Å². The first-order valence-corrected chi connectivity index (χ1v) is 11.5. The molecule has 0 aliphatic carbocycles. The van der Waals surface area contributed by atoms with Gasteiger partial charge in [-0.1, -0.05) is 30.3 Å². The molecule has 0 aliphatic rings. The van der Waals surface area contributed by atoms with Gasteiger partial charge in [0.1, 0.15) is 10.5 Å². The molecule has 0 spiro atoms. The SMILES string of the molecule is CC(=O)O[SiH](O[SiH2]O[SiH2]O[SiH2]O[SiH3])c1ccccc1. The van der Waals surface area contributed by atoms with Crippen LogP contribution >= 0.6 is 0 Å². The molecule has 0 aliphatic heterocycles. The Kier molecular flexibility index (Phi) is 9.13. The predicted molar refractivity (Wildman–Crippen MR) is 84.9 cm³/mol. The highest BCUT2D eigenvalue weighted by atomic mass is 28.4. The third-order valence-electron chi connectivity index (χ3n) is 2.02. The van der Waals surface area contributed by atoms with Crippen molar-refractivity contribution in [2.45, 2.75) is 6.92 Å². The third kappa shape index (κ3) is 7.70. The molecular formula is C8H18O6Si5. The van der Waals surface area contributed by atoms with Gasteiger partial charge in [0.2, 0.25) is 0 Å². The Balaban J connectivity index is 2.36. The van der Waals surface area contributed by atoms with E-state index in [1.807, 2.05) is 30.3 Å². The number of benzene rings is 1. The van der Waals surface area contributed by atoms with Crippen molar-refractivity contribution in [2.24, 2.45) is 0 Å². The summed E-state index contributed by atoms with van der Waals surface area (Å²) in [5.41, 5.74) is 0. The molecule has 1 rings (SSSR count). The molecule has 0 heterocycles. The lowest BCUT2D eigenvalue weighted by Crippen LogP contribution is -2.40. The summed E-state index contributed by atoms with van der Waals surface area (Å²) in [6.45, 7) is 1.39. The van der Waals surface area contributed by atoms with Crippen molar-refractivity contribution in [3.63, 3.8) is 0 Å². The van der Waals surface area contributed by atoms with E-state index in [1.165, 1.54) is 6.92 Å². The molecule has 0 saturated heterocycles. The molecule has 6 nitrogen and oxygen atoms in total. The van der Waals surface area contributed by atoms with E-state index in [0.29, 0.717) is 0 Å². The average molecular weight is 351 g/mol. The van der Waals surface area contributed by atoms with Gasteiger partial charge in [-0.2, -0.15) is 0 Å². The highest BCUT2D eigenvalue weighted by Crippen LogP contribution is 1.94. The monoisotopic (exact) mass is 350 g/mol. The van der Waals surface area contributed by atoms with Crippen molar-refractivity contribution in [1.82, 2.24) is 0 Å². The van der Waals surface area contributed by atoms with E-state index in [-0.39, 0.29) is 5.97 Å². The zero-order valence-corrected chi connectivity index (χ0v) is 18.4. The second-order valence-corrected chi connectivity index (χ2v) is 12.8. The largest absolute Gasteiger partial charge is 0.493 e. The van der Waals surface area contributed by atoms with Crippen molar-refractivity contribution < 1.29 is 25.7 Å². The Bertz CT molecular complexity index is 366. The topological polar surface area (TPSA) is 63.2 Å². The van der Waals surface area contributed by atoms with E-state index in [4.69, 9.17) is 20.9 Å². The molecule has 11 heteroatoms. The van der Waals surface area contributed by atoms with E-state index in [2.05, 4.69) is 0 Å². The Morgan fingerprint density at radius 1 is 1.16 bits per heavy atom. The van der Waals surface area contributed by atoms with Crippen LogP contribution in [0.25, 0.3) is 0 Å². The van der Waals surface area contributed by atoms with Gasteiger partial charge in [-0.3, -0.25) is 4.79 Å². The minimum atomic E-state index is -2.17. The Morgan fingerprint density at radius 2 is 1.84 bits per heavy atom. The van der Waals surface area contributed by atoms with Crippen LogP contribution in [0.2, 0.25) is 0 Å². The summed E-state index contributed by atoms with van der Waals surface area (Å²) in [6.07, 6.45) is 0. The van der Waals surface area contributed by atoms with Gasteiger partial charge < -0.3 is 20.9 Å². The fourth-order valence-corrected chi connectivity index (χ4v) is 9.28. The van der Waals surface area contributed by atoms with Crippen LogP contribution in [0.5, 0.6) is 0 Å². The molecule has 0 fully saturated rings. The minimum Gasteiger partial charge on any atom is -0.493 e. The van der Waals surface area contributed by atoms with Gasteiger partial charge in [0, 0.05) is 12.1 Å². The van der Waals surface area contributed by atoms with Crippen LogP contribution in [-0.2, 0) is 25.7 Å². The summed E-state index contributed by atoms with van der Waals surface area (Å²) < 4.78 is 26.6. The van der Waals surface area contributed by atoms with Gasteiger partial charge in [-0.05, 0) is 0 Å². The van der Waals surface area contributed by atoms with Gasteiger partial charge in [-0.25, -0.2) is 0 Å². The minimum absolute atomic E-state index is 0.320. The van der Waals surface area contributed by atoms with Gasteiger partial charge in [0.15, 0.2) is 0 Å². The fourth-order valence-electron chi connectivity index (χ4n) is 1.28. The maximum absolute atomic E-state index is 11.1. The van der Waals surface area contributed by atoms with Gasteiger partial charge >= 0.3 is 9.28 Å². The number of carbonyl (C=O) groups is 1. The molecule has 0 saturated carbocycles. The first-order chi connectivity index (χ1) is 9.24. The highest BCUT2D eigenvalue weighted by Gasteiger charge is 2.19. The normalized spacial score (nSPS) is 14.2. The van der Waals surface area contributed by atoms with Crippen molar-refractivity contribution in [1.29, 1.82) is 0 Å². The summed E-state index contributed by atoms with van der Waals surface area (Å²) in [7, 11) is -4.38. The fraction of sp³-hybridized carbons (Fsp3) is 0.125. The van der Waals surface area contributed by atoms with Crippen molar-refractivity contribution >= 4 is 60.9 Å². The van der Waals surface area contributed by atoms with Gasteiger partial charge in [0.05, 0.1) is 0 Å². The number of hydrogen-bond donors (Lipinski definition) is 0. The molecule has 1 unspecified atom stereocenters. The Hall–Kier alpha value is -0.386. The molecule has 0 N–H and O–H groups in total. The molecule has 106 valence electrons. The molecule has 1 aromatic rings. The van der Waals surface area contributed by atoms with Crippen LogP contribution in [0.4, 0.5) is 0 Å². The predicted octanol–water partition coefficient (Wildman–Crippen LogP) is -3.98. The van der Waals surface area contributed by atoms with Crippen molar-refractivity contribution in [3.8, 4) is 0 Å². The standard InChI is InChI=1S/C8H18O6Si5/c1-7(9)10-19(8-5-3-2-4-6-8)14-18-13-17-12-16-11-15/h2-6,19H,16-18H2,1,15H3. The number of hydrogen-bond acceptors (Lipinski definition) is 6. The quantitative estimate of drug-likeness (QED) is 0.334. The summed E-state index contributed by atoms with van der Waals surface area (Å²) in [6, 6.07) is 9.53. The first-order valence-electron chi connectivity index (χ1n) is 5.72. The number of carbonyl (C=O) groups excluding carboxylic acids is 1. The maximum Gasteiger partial charge on any atom is 0.410 e. The van der Waals surface area contributed by atoms with Crippen LogP contribution in [0.1, 0.15) is 6.92 Å². The van der Waals surface area contributed by atoms with Gasteiger partial charge in [0.25, 0.3) is 36.0 Å². The van der Waals surface area contributed by atoms with Crippen LogP contribution in [0.3, 0.4) is 0 Å². The lowest BCUT2D eigenvalue weighted by molar-refractivity contribution is -0.132. The van der Waals surface area contributed by atoms with Crippen LogP contribution in [-0.4, -0.2) is 55.8 Å².